The van der Waals surface area contributed by atoms with Crippen LogP contribution in [-0.2, 0) is 9.59 Å². The predicted molar refractivity (Wildman–Crippen MR) is 68.1 cm³/mol. The second-order valence-electron chi connectivity index (χ2n) is 6.16. The Bertz CT molecular complexity index is 436. The lowest BCUT2D eigenvalue weighted by Gasteiger charge is -2.39. The van der Waals surface area contributed by atoms with Crippen molar-refractivity contribution in [2.45, 2.75) is 57.9 Å². The van der Waals surface area contributed by atoms with E-state index in [9.17, 15) is 14.4 Å². The fourth-order valence-electron chi connectivity index (χ4n) is 3.46. The second-order valence-corrected chi connectivity index (χ2v) is 6.16. The average Bonchev–Trinajstić information content (AvgIpc) is 3.19. The monoisotopic (exact) mass is 264 g/mol. The summed E-state index contributed by atoms with van der Waals surface area (Å²) in [5.41, 5.74) is -0.906. The van der Waals surface area contributed by atoms with E-state index in [1.165, 1.54) is 24.2 Å². The normalized spacial score (nSPS) is 28.5. The molecule has 1 heterocycles. The Labute approximate surface area is 112 Å². The molecule has 0 aromatic carbocycles. The molecule has 5 nitrogen and oxygen atoms in total. The highest BCUT2D eigenvalue weighted by molar-refractivity contribution is 6.21. The van der Waals surface area contributed by atoms with Crippen LogP contribution in [0, 0.1) is 11.3 Å². The molecule has 4 amide bonds. The maximum Gasteiger partial charge on any atom is 0.331 e. The average molecular weight is 264 g/mol. The van der Waals surface area contributed by atoms with Gasteiger partial charge in [-0.25, -0.2) is 4.79 Å². The van der Waals surface area contributed by atoms with E-state index >= 15 is 0 Å². The molecule has 0 radical (unpaired) electrons. The largest absolute Gasteiger partial charge is 0.331 e. The first-order valence-electron chi connectivity index (χ1n) is 7.25. The van der Waals surface area contributed by atoms with Gasteiger partial charge in [0.15, 0.2) is 0 Å². The highest BCUT2D eigenvalue weighted by Crippen LogP contribution is 2.49. The number of imide groups is 2. The molecule has 1 unspecified atom stereocenters. The molecule has 5 heteroatoms. The number of barbiturate groups is 1. The summed E-state index contributed by atoms with van der Waals surface area (Å²) in [5, 5.41) is 2.36. The zero-order chi connectivity index (χ0) is 13.6. The fraction of sp³-hybridized carbons (Fsp3) is 0.786. The van der Waals surface area contributed by atoms with Gasteiger partial charge in [-0.2, -0.15) is 0 Å². The van der Waals surface area contributed by atoms with Gasteiger partial charge in [0.05, 0.1) is 0 Å². The Kier molecular flexibility index (Phi) is 2.87. The van der Waals surface area contributed by atoms with Crippen LogP contribution in [0.5, 0.6) is 0 Å². The molecule has 0 aromatic rings. The molecule has 3 aliphatic rings. The number of nitrogens with zero attached hydrogens (tertiary/aromatic N) is 1. The summed E-state index contributed by atoms with van der Waals surface area (Å²) in [7, 11) is 0. The standard InChI is InChI=1S/C14H20N2O3/c1-9(10-5-3-2-4-6-10)16-12(18)14(7-8-14)11(17)15-13(16)19/h9-10H,2-8H2,1H3,(H,15,17,19). The van der Waals surface area contributed by atoms with Crippen LogP contribution in [0.15, 0.2) is 0 Å². The van der Waals surface area contributed by atoms with E-state index in [1.807, 2.05) is 6.92 Å². The lowest BCUT2D eigenvalue weighted by molar-refractivity contribution is -0.146. The highest BCUT2D eigenvalue weighted by atomic mass is 16.2. The first kappa shape index (κ1) is 12.6. The van der Waals surface area contributed by atoms with Crippen molar-refractivity contribution < 1.29 is 14.4 Å². The maximum absolute atomic E-state index is 12.5. The molecule has 19 heavy (non-hydrogen) atoms. The molecule has 1 atom stereocenters. The third-order valence-electron chi connectivity index (χ3n) is 4.99. The predicted octanol–water partition coefficient (Wildman–Crippen LogP) is 1.81. The number of amides is 4. The molecular weight excluding hydrogens is 244 g/mol. The molecule has 1 spiro atoms. The van der Waals surface area contributed by atoms with Crippen molar-refractivity contribution in [1.82, 2.24) is 10.2 Å². The van der Waals surface area contributed by atoms with Crippen molar-refractivity contribution in [3.05, 3.63) is 0 Å². The van der Waals surface area contributed by atoms with Crippen molar-refractivity contribution in [3.8, 4) is 0 Å². The molecule has 1 N–H and O–H groups in total. The number of hydrogen-bond donors (Lipinski definition) is 1. The summed E-state index contributed by atoms with van der Waals surface area (Å²) in [6, 6.07) is -0.621. The summed E-state index contributed by atoms with van der Waals surface area (Å²) >= 11 is 0. The van der Waals surface area contributed by atoms with Crippen LogP contribution in [0.4, 0.5) is 4.79 Å². The van der Waals surface area contributed by atoms with E-state index in [-0.39, 0.29) is 11.9 Å². The van der Waals surface area contributed by atoms with Gasteiger partial charge in [0.25, 0.3) is 0 Å². The zero-order valence-corrected chi connectivity index (χ0v) is 11.3. The number of hydrogen-bond acceptors (Lipinski definition) is 3. The quantitative estimate of drug-likeness (QED) is 0.773. The van der Waals surface area contributed by atoms with E-state index < -0.39 is 17.4 Å². The Morgan fingerprint density at radius 1 is 1.16 bits per heavy atom. The minimum Gasteiger partial charge on any atom is -0.277 e. The Balaban J connectivity index is 1.80. The third-order valence-corrected chi connectivity index (χ3v) is 4.99. The minimum atomic E-state index is -0.906. The summed E-state index contributed by atoms with van der Waals surface area (Å²) in [5.74, 6) is -0.277. The molecule has 3 fully saturated rings. The fourth-order valence-corrected chi connectivity index (χ4v) is 3.46. The van der Waals surface area contributed by atoms with Crippen LogP contribution in [0.25, 0.3) is 0 Å². The van der Waals surface area contributed by atoms with Crippen LogP contribution in [0.3, 0.4) is 0 Å². The Morgan fingerprint density at radius 2 is 1.79 bits per heavy atom. The van der Waals surface area contributed by atoms with E-state index in [2.05, 4.69) is 5.32 Å². The van der Waals surface area contributed by atoms with Crippen molar-refractivity contribution >= 4 is 17.8 Å². The van der Waals surface area contributed by atoms with Gasteiger partial charge in [-0.1, -0.05) is 19.3 Å². The van der Waals surface area contributed by atoms with Gasteiger partial charge in [-0.15, -0.1) is 0 Å². The molecule has 2 aliphatic carbocycles. The van der Waals surface area contributed by atoms with Gasteiger partial charge >= 0.3 is 6.03 Å². The number of carbonyl (C=O) groups is 3. The van der Waals surface area contributed by atoms with Crippen molar-refractivity contribution in [3.63, 3.8) is 0 Å². The molecule has 0 bridgehead atoms. The van der Waals surface area contributed by atoms with Crippen LogP contribution in [-0.4, -0.2) is 28.8 Å². The van der Waals surface area contributed by atoms with E-state index in [1.54, 1.807) is 0 Å². The molecule has 104 valence electrons. The summed E-state index contributed by atoms with van der Waals surface area (Å²) in [4.78, 5) is 37.5. The SMILES string of the molecule is CC(C1CCCCC1)N1C(=O)NC(=O)C2(CC2)C1=O. The van der Waals surface area contributed by atoms with E-state index in [4.69, 9.17) is 0 Å². The van der Waals surface area contributed by atoms with E-state index in [0.29, 0.717) is 18.8 Å². The summed E-state index contributed by atoms with van der Waals surface area (Å²) < 4.78 is 0. The minimum absolute atomic E-state index is 0.0987. The topological polar surface area (TPSA) is 66.5 Å². The van der Waals surface area contributed by atoms with Crippen molar-refractivity contribution in [1.29, 1.82) is 0 Å². The zero-order valence-electron chi connectivity index (χ0n) is 11.3. The molecule has 2 saturated carbocycles. The van der Waals surface area contributed by atoms with Crippen LogP contribution < -0.4 is 5.32 Å². The Morgan fingerprint density at radius 3 is 2.37 bits per heavy atom. The van der Waals surface area contributed by atoms with Crippen LogP contribution in [0.2, 0.25) is 0 Å². The molecular formula is C14H20N2O3. The first-order valence-corrected chi connectivity index (χ1v) is 7.25. The van der Waals surface area contributed by atoms with Gasteiger partial charge in [0, 0.05) is 6.04 Å². The van der Waals surface area contributed by atoms with Gasteiger partial charge in [0.2, 0.25) is 11.8 Å². The molecule has 1 aliphatic heterocycles. The second kappa shape index (κ2) is 4.32. The maximum atomic E-state index is 12.5. The van der Waals surface area contributed by atoms with Crippen molar-refractivity contribution in [2.24, 2.45) is 11.3 Å². The number of carbonyl (C=O) groups excluding carboxylic acids is 3. The van der Waals surface area contributed by atoms with Gasteiger partial charge in [0.1, 0.15) is 5.41 Å². The number of urea groups is 1. The van der Waals surface area contributed by atoms with Crippen LogP contribution >= 0.6 is 0 Å². The lowest BCUT2D eigenvalue weighted by atomic mass is 9.83. The first-order chi connectivity index (χ1) is 9.06. The van der Waals surface area contributed by atoms with Crippen LogP contribution in [0.1, 0.15) is 51.9 Å². The Hall–Kier alpha value is -1.39. The van der Waals surface area contributed by atoms with Crippen molar-refractivity contribution in [2.75, 3.05) is 0 Å². The highest BCUT2D eigenvalue weighted by Gasteiger charge is 2.63. The molecule has 0 aromatic heterocycles. The number of nitrogens with one attached hydrogen (secondary N) is 1. The smallest absolute Gasteiger partial charge is 0.277 e. The van der Waals surface area contributed by atoms with Gasteiger partial charge < -0.3 is 0 Å². The van der Waals surface area contributed by atoms with Gasteiger partial charge in [-0.05, 0) is 38.5 Å². The third kappa shape index (κ3) is 1.86. The molecule has 3 rings (SSSR count). The van der Waals surface area contributed by atoms with E-state index in [0.717, 1.165) is 12.8 Å². The number of rotatable bonds is 2. The summed E-state index contributed by atoms with van der Waals surface area (Å²) in [6.07, 6.45) is 6.88. The molecule has 1 saturated heterocycles. The van der Waals surface area contributed by atoms with Gasteiger partial charge in [-0.3, -0.25) is 19.8 Å². The lowest BCUT2D eigenvalue weighted by Crippen LogP contribution is -2.62. The summed E-state index contributed by atoms with van der Waals surface area (Å²) in [6.45, 7) is 1.94.